The van der Waals surface area contributed by atoms with Gasteiger partial charge in [-0.25, -0.2) is 0 Å². The molecule has 0 saturated heterocycles. The van der Waals surface area contributed by atoms with Crippen molar-refractivity contribution in [1.29, 1.82) is 0 Å². The van der Waals surface area contributed by atoms with Crippen LogP contribution < -0.4 is 5.32 Å². The van der Waals surface area contributed by atoms with E-state index in [4.69, 9.17) is 0 Å². The Morgan fingerprint density at radius 3 is 2.59 bits per heavy atom. The quantitative estimate of drug-likeness (QED) is 0.479. The molecule has 0 amide bonds. The van der Waals surface area contributed by atoms with Crippen LogP contribution in [0, 0.1) is 19.6 Å². The van der Waals surface area contributed by atoms with Gasteiger partial charge in [-0.3, -0.25) is 10.1 Å². The van der Waals surface area contributed by atoms with Crippen molar-refractivity contribution in [2.24, 2.45) is 5.92 Å². The molecule has 17 heavy (non-hydrogen) atoms. The van der Waals surface area contributed by atoms with E-state index in [0.29, 0.717) is 11.6 Å². The summed E-state index contributed by atoms with van der Waals surface area (Å²) < 4.78 is 0.877. The molecule has 0 aromatic heterocycles. The predicted octanol–water partition coefficient (Wildman–Crippen LogP) is 4.05. The molecule has 0 aliphatic carbocycles. The molecule has 1 N–H and O–H groups in total. The average molecular weight is 348 g/mol. The lowest BCUT2D eigenvalue weighted by molar-refractivity contribution is -0.384. The fourth-order valence-electron chi connectivity index (χ4n) is 1.64. The van der Waals surface area contributed by atoms with E-state index in [1.165, 1.54) is 0 Å². The van der Waals surface area contributed by atoms with Crippen molar-refractivity contribution in [3.05, 3.63) is 31.9 Å². The van der Waals surface area contributed by atoms with E-state index < -0.39 is 0 Å². The van der Waals surface area contributed by atoms with Gasteiger partial charge in [-0.15, -0.1) is 0 Å². The minimum Gasteiger partial charge on any atom is -0.379 e. The molecular formula is C12H17IN2O2. The summed E-state index contributed by atoms with van der Waals surface area (Å²) in [6.07, 6.45) is 2.17. The van der Waals surface area contributed by atoms with Crippen LogP contribution in [0.1, 0.15) is 26.7 Å². The Bertz CT molecular complexity index is 392. The van der Waals surface area contributed by atoms with E-state index in [9.17, 15) is 10.1 Å². The number of nitrogens with zero attached hydrogens (tertiary/aromatic N) is 1. The molecule has 94 valence electrons. The fraction of sp³-hybridized carbons (Fsp3) is 0.500. The highest BCUT2D eigenvalue weighted by Gasteiger charge is 2.14. The number of anilines is 1. The van der Waals surface area contributed by atoms with E-state index in [2.05, 4.69) is 41.8 Å². The van der Waals surface area contributed by atoms with Crippen LogP contribution >= 0.6 is 22.6 Å². The van der Waals surface area contributed by atoms with Gasteiger partial charge in [0.1, 0.15) is 5.69 Å². The van der Waals surface area contributed by atoms with E-state index in [1.54, 1.807) is 12.1 Å². The molecule has 0 atom stereocenters. The van der Waals surface area contributed by atoms with Crippen molar-refractivity contribution >= 4 is 34.0 Å². The van der Waals surface area contributed by atoms with Crippen LogP contribution in [-0.2, 0) is 0 Å². The Morgan fingerprint density at radius 1 is 1.41 bits per heavy atom. The smallest absolute Gasteiger partial charge is 0.293 e. The third kappa shape index (κ3) is 4.14. The topological polar surface area (TPSA) is 55.2 Å². The number of hydrogen-bond acceptors (Lipinski definition) is 3. The third-order valence-electron chi connectivity index (χ3n) is 2.89. The zero-order valence-corrected chi connectivity index (χ0v) is 12.2. The second-order valence-corrected chi connectivity index (χ2v) is 5.23. The largest absolute Gasteiger partial charge is 0.379 e. The highest BCUT2D eigenvalue weighted by molar-refractivity contribution is 14.1. The Hall–Kier alpha value is -0.850. The molecule has 0 aliphatic rings. The average Bonchev–Trinajstić information content (AvgIpc) is 2.31. The van der Waals surface area contributed by atoms with Crippen LogP contribution in [0.25, 0.3) is 0 Å². The minimum absolute atomic E-state index is 0.155. The minimum atomic E-state index is -0.336. The van der Waals surface area contributed by atoms with Gasteiger partial charge in [0.25, 0.3) is 5.69 Å². The molecule has 0 bridgehead atoms. The van der Waals surface area contributed by atoms with Gasteiger partial charge in [-0.2, -0.15) is 0 Å². The lowest BCUT2D eigenvalue weighted by Gasteiger charge is -2.14. The van der Waals surface area contributed by atoms with Gasteiger partial charge in [-0.1, -0.05) is 26.7 Å². The SMILES string of the molecule is CCC(CC)CNc1ccc(I)cc1[N+](=O)[O-]. The molecule has 4 nitrogen and oxygen atoms in total. The lowest BCUT2D eigenvalue weighted by Crippen LogP contribution is -2.13. The Labute approximate surface area is 115 Å². The van der Waals surface area contributed by atoms with Gasteiger partial charge < -0.3 is 5.32 Å². The molecule has 0 spiro atoms. The maximum absolute atomic E-state index is 10.9. The maximum atomic E-state index is 10.9. The van der Waals surface area contributed by atoms with Crippen molar-refractivity contribution < 1.29 is 4.92 Å². The van der Waals surface area contributed by atoms with Crippen LogP contribution in [0.4, 0.5) is 11.4 Å². The summed E-state index contributed by atoms with van der Waals surface area (Å²) in [5.74, 6) is 0.564. The number of rotatable bonds is 6. The molecular weight excluding hydrogens is 331 g/mol. The molecule has 0 heterocycles. The number of nitrogens with one attached hydrogen (secondary N) is 1. The molecule has 0 fully saturated rings. The van der Waals surface area contributed by atoms with Gasteiger partial charge in [-0.05, 0) is 40.6 Å². The first-order valence-corrected chi connectivity index (χ1v) is 6.84. The monoisotopic (exact) mass is 348 g/mol. The first-order chi connectivity index (χ1) is 8.08. The van der Waals surface area contributed by atoms with E-state index in [1.807, 2.05) is 6.07 Å². The number of nitro groups is 1. The summed E-state index contributed by atoms with van der Waals surface area (Å²) >= 11 is 2.08. The van der Waals surface area contributed by atoms with Gasteiger partial charge in [0.15, 0.2) is 0 Å². The van der Waals surface area contributed by atoms with Crippen LogP contribution in [0.5, 0.6) is 0 Å². The lowest BCUT2D eigenvalue weighted by atomic mass is 10.0. The summed E-state index contributed by atoms with van der Waals surface area (Å²) in [6.45, 7) is 5.06. The van der Waals surface area contributed by atoms with Gasteiger partial charge in [0.05, 0.1) is 4.92 Å². The number of halogens is 1. The molecule has 0 aliphatic heterocycles. The number of benzene rings is 1. The molecule has 1 rings (SSSR count). The summed E-state index contributed by atoms with van der Waals surface area (Å²) in [5, 5.41) is 14.1. The van der Waals surface area contributed by atoms with Gasteiger partial charge >= 0.3 is 0 Å². The molecule has 1 aromatic rings. The van der Waals surface area contributed by atoms with E-state index >= 15 is 0 Å². The van der Waals surface area contributed by atoms with E-state index in [-0.39, 0.29) is 10.6 Å². The van der Waals surface area contributed by atoms with Crippen LogP contribution in [0.3, 0.4) is 0 Å². The normalized spacial score (nSPS) is 10.6. The summed E-state index contributed by atoms with van der Waals surface area (Å²) in [7, 11) is 0. The molecule has 0 unspecified atom stereocenters. The standard InChI is InChI=1S/C12H17IN2O2/c1-3-9(4-2)8-14-11-6-5-10(13)7-12(11)15(16)17/h5-7,9,14H,3-4,8H2,1-2H3. The number of hydrogen-bond donors (Lipinski definition) is 1. The summed E-state index contributed by atoms with van der Waals surface area (Å²) in [5.41, 5.74) is 0.769. The second-order valence-electron chi connectivity index (χ2n) is 3.98. The highest BCUT2D eigenvalue weighted by Crippen LogP contribution is 2.26. The van der Waals surface area contributed by atoms with Crippen LogP contribution in [-0.4, -0.2) is 11.5 Å². The van der Waals surface area contributed by atoms with E-state index in [0.717, 1.165) is 23.0 Å². The third-order valence-corrected chi connectivity index (χ3v) is 3.56. The Balaban J connectivity index is 2.80. The predicted molar refractivity (Wildman–Crippen MR) is 78.4 cm³/mol. The molecule has 1 aromatic carbocycles. The van der Waals surface area contributed by atoms with Crippen molar-refractivity contribution in [2.45, 2.75) is 26.7 Å². The van der Waals surface area contributed by atoms with Crippen molar-refractivity contribution in [1.82, 2.24) is 0 Å². The summed E-state index contributed by atoms with van der Waals surface area (Å²) in [4.78, 5) is 10.6. The maximum Gasteiger partial charge on any atom is 0.293 e. The van der Waals surface area contributed by atoms with Crippen LogP contribution in [0.15, 0.2) is 18.2 Å². The van der Waals surface area contributed by atoms with Gasteiger partial charge in [0.2, 0.25) is 0 Å². The second kappa shape index (κ2) is 6.78. The summed E-state index contributed by atoms with van der Waals surface area (Å²) in [6, 6.07) is 5.25. The van der Waals surface area contributed by atoms with Crippen molar-refractivity contribution in [3.8, 4) is 0 Å². The van der Waals surface area contributed by atoms with Gasteiger partial charge in [0, 0.05) is 16.2 Å². The molecule has 0 radical (unpaired) electrons. The first-order valence-electron chi connectivity index (χ1n) is 5.76. The van der Waals surface area contributed by atoms with Crippen LogP contribution in [0.2, 0.25) is 0 Å². The molecule has 0 saturated carbocycles. The fourth-order valence-corrected chi connectivity index (χ4v) is 2.11. The number of nitro benzene ring substituents is 1. The van der Waals surface area contributed by atoms with Crippen molar-refractivity contribution in [3.63, 3.8) is 0 Å². The first kappa shape index (κ1) is 14.2. The molecule has 5 heteroatoms. The Morgan fingerprint density at radius 2 is 2.06 bits per heavy atom. The zero-order valence-electron chi connectivity index (χ0n) is 10.1. The van der Waals surface area contributed by atoms with Crippen molar-refractivity contribution in [2.75, 3.05) is 11.9 Å². The zero-order chi connectivity index (χ0) is 12.8. The Kier molecular flexibility index (Phi) is 5.67. The highest BCUT2D eigenvalue weighted by atomic mass is 127.